The second-order valence-electron chi connectivity index (χ2n) is 7.52. The fourth-order valence-corrected chi connectivity index (χ4v) is 3.06. The molecule has 5 N–H and O–H groups in total. The molecule has 0 fully saturated rings. The summed E-state index contributed by atoms with van der Waals surface area (Å²) in [5.74, 6) is 1.35. The van der Waals surface area contributed by atoms with Gasteiger partial charge in [-0.05, 0) is 61.0 Å². The lowest BCUT2D eigenvalue weighted by Crippen LogP contribution is -2.08. The number of hydrogen-bond donors (Lipinski definition) is 4. The number of aromatic nitrogens is 3. The predicted octanol–water partition coefficient (Wildman–Crippen LogP) is 4.69. The van der Waals surface area contributed by atoms with Crippen LogP contribution in [-0.4, -0.2) is 32.7 Å². The van der Waals surface area contributed by atoms with Crippen molar-refractivity contribution >= 4 is 46.3 Å². The van der Waals surface area contributed by atoms with Crippen LogP contribution in [0.25, 0.3) is 0 Å². The molecule has 0 aliphatic heterocycles. The van der Waals surface area contributed by atoms with Crippen molar-refractivity contribution in [3.8, 4) is 5.75 Å². The maximum Gasteiger partial charge on any atom is 0.269 e. The Hall–Kier alpha value is -5.26. The molecule has 3 aromatic carbocycles. The number of nitro groups is 1. The van der Waals surface area contributed by atoms with Crippen molar-refractivity contribution in [1.29, 1.82) is 0 Å². The van der Waals surface area contributed by atoms with E-state index in [0.717, 1.165) is 11.3 Å². The molecule has 4 rings (SSSR count). The molecule has 1 heterocycles. The highest BCUT2D eigenvalue weighted by molar-refractivity contribution is 5.99. The van der Waals surface area contributed by atoms with Crippen molar-refractivity contribution in [2.45, 2.75) is 6.92 Å². The van der Waals surface area contributed by atoms with Crippen LogP contribution in [0.5, 0.6) is 5.75 Å². The fraction of sp³-hybridized carbons (Fsp3) is 0.0833. The van der Waals surface area contributed by atoms with Gasteiger partial charge in [-0.25, -0.2) is 5.43 Å². The molecule has 0 amide bonds. The Morgan fingerprint density at radius 3 is 1.92 bits per heavy atom. The number of nitrogens with two attached hydrogens (primary N) is 1. The van der Waals surface area contributed by atoms with E-state index < -0.39 is 4.92 Å². The summed E-state index contributed by atoms with van der Waals surface area (Å²) in [7, 11) is 1.59. The van der Waals surface area contributed by atoms with Gasteiger partial charge < -0.3 is 21.1 Å². The first-order valence-electron chi connectivity index (χ1n) is 10.7. The molecular weight excluding hydrogens is 462 g/mol. The number of benzene rings is 3. The number of nitrogen functional groups attached to an aromatic ring is 1. The van der Waals surface area contributed by atoms with Crippen molar-refractivity contribution in [3.05, 3.63) is 88.5 Å². The van der Waals surface area contributed by atoms with Gasteiger partial charge in [0.2, 0.25) is 17.8 Å². The summed E-state index contributed by atoms with van der Waals surface area (Å²) in [6, 6.07) is 20.5. The van der Waals surface area contributed by atoms with E-state index in [1.54, 1.807) is 43.5 Å². The quantitative estimate of drug-likeness (QED) is 0.113. The molecule has 0 aliphatic carbocycles. The van der Waals surface area contributed by atoms with Crippen molar-refractivity contribution in [3.63, 3.8) is 0 Å². The second kappa shape index (κ2) is 10.8. The molecule has 0 radical (unpaired) electrons. The minimum absolute atomic E-state index is 0.0205. The second-order valence-corrected chi connectivity index (χ2v) is 7.52. The minimum atomic E-state index is -0.465. The Kier molecular flexibility index (Phi) is 7.15. The summed E-state index contributed by atoms with van der Waals surface area (Å²) < 4.78 is 5.19. The van der Waals surface area contributed by atoms with Gasteiger partial charge in [0, 0.05) is 29.2 Å². The van der Waals surface area contributed by atoms with Crippen LogP contribution in [0.3, 0.4) is 0 Å². The molecule has 12 nitrogen and oxygen atoms in total. The highest BCUT2D eigenvalue weighted by atomic mass is 16.6. The highest BCUT2D eigenvalue weighted by Crippen LogP contribution is 2.22. The molecule has 0 saturated carbocycles. The molecule has 0 saturated heterocycles. The zero-order valence-electron chi connectivity index (χ0n) is 19.5. The first kappa shape index (κ1) is 23.9. The van der Waals surface area contributed by atoms with Gasteiger partial charge >= 0.3 is 0 Å². The summed E-state index contributed by atoms with van der Waals surface area (Å²) in [6.45, 7) is 1.84. The van der Waals surface area contributed by atoms with Crippen LogP contribution >= 0.6 is 0 Å². The van der Waals surface area contributed by atoms with Crippen molar-refractivity contribution in [2.24, 2.45) is 5.10 Å². The SMILES string of the molecule is COc1ccc(Nc2nc(NN=C(C)c3ccc(N)cc3)nc(Nc3ccc([N+](=O)[O-])cc3)n2)cc1. The van der Waals surface area contributed by atoms with E-state index in [0.29, 0.717) is 22.8 Å². The van der Waals surface area contributed by atoms with Gasteiger partial charge in [-0.1, -0.05) is 12.1 Å². The predicted molar refractivity (Wildman–Crippen MR) is 139 cm³/mol. The van der Waals surface area contributed by atoms with Crippen molar-refractivity contribution < 1.29 is 9.66 Å². The largest absolute Gasteiger partial charge is 0.497 e. The molecular formula is C24H23N9O3. The number of non-ortho nitro benzene ring substituents is 1. The number of nitrogens with zero attached hydrogens (tertiary/aromatic N) is 5. The monoisotopic (exact) mass is 485 g/mol. The fourth-order valence-electron chi connectivity index (χ4n) is 3.06. The Bertz CT molecular complexity index is 1370. The van der Waals surface area contributed by atoms with E-state index in [1.165, 1.54) is 12.1 Å². The van der Waals surface area contributed by atoms with Crippen LogP contribution in [-0.2, 0) is 0 Å². The smallest absolute Gasteiger partial charge is 0.269 e. The molecule has 12 heteroatoms. The lowest BCUT2D eigenvalue weighted by atomic mass is 10.1. The molecule has 182 valence electrons. The van der Waals surface area contributed by atoms with Gasteiger partial charge in [0.15, 0.2) is 0 Å². The summed E-state index contributed by atoms with van der Waals surface area (Å²) in [6.07, 6.45) is 0. The normalized spacial score (nSPS) is 11.0. The molecule has 0 aliphatic rings. The van der Waals surface area contributed by atoms with Crippen LogP contribution < -0.4 is 26.5 Å². The van der Waals surface area contributed by atoms with E-state index >= 15 is 0 Å². The number of hydrogen-bond acceptors (Lipinski definition) is 11. The third-order valence-corrected chi connectivity index (χ3v) is 4.97. The molecule has 0 atom stereocenters. The Morgan fingerprint density at radius 2 is 1.39 bits per heavy atom. The third-order valence-electron chi connectivity index (χ3n) is 4.97. The van der Waals surface area contributed by atoms with Crippen LogP contribution in [0.15, 0.2) is 77.9 Å². The van der Waals surface area contributed by atoms with Crippen molar-refractivity contribution in [1.82, 2.24) is 15.0 Å². The highest BCUT2D eigenvalue weighted by Gasteiger charge is 2.10. The molecule has 4 aromatic rings. The Morgan fingerprint density at radius 1 is 0.861 bits per heavy atom. The third kappa shape index (κ3) is 6.20. The van der Waals surface area contributed by atoms with E-state index in [9.17, 15) is 10.1 Å². The molecule has 0 spiro atoms. The van der Waals surface area contributed by atoms with Gasteiger partial charge in [-0.15, -0.1) is 0 Å². The minimum Gasteiger partial charge on any atom is -0.497 e. The van der Waals surface area contributed by atoms with Gasteiger partial charge in [-0.2, -0.15) is 20.1 Å². The van der Waals surface area contributed by atoms with Crippen molar-refractivity contribution in [2.75, 3.05) is 28.9 Å². The van der Waals surface area contributed by atoms with E-state index in [1.807, 2.05) is 31.2 Å². The van der Waals surface area contributed by atoms with E-state index in [2.05, 4.69) is 36.1 Å². The Balaban J connectivity index is 1.60. The van der Waals surface area contributed by atoms with Crippen LogP contribution in [0.4, 0.5) is 40.6 Å². The van der Waals surface area contributed by atoms with Crippen LogP contribution in [0, 0.1) is 10.1 Å². The summed E-state index contributed by atoms with van der Waals surface area (Å²) in [4.78, 5) is 23.6. The zero-order chi connectivity index (χ0) is 25.5. The van der Waals surface area contributed by atoms with Gasteiger partial charge in [-0.3, -0.25) is 10.1 Å². The maximum absolute atomic E-state index is 10.9. The molecule has 0 unspecified atom stereocenters. The number of nitrogens with one attached hydrogen (secondary N) is 3. The number of hydrazone groups is 1. The maximum atomic E-state index is 10.9. The number of nitro benzene ring substituents is 1. The molecule has 36 heavy (non-hydrogen) atoms. The first-order chi connectivity index (χ1) is 17.4. The Labute approximate surface area is 206 Å². The number of rotatable bonds is 9. The van der Waals surface area contributed by atoms with Gasteiger partial charge in [0.25, 0.3) is 5.69 Å². The lowest BCUT2D eigenvalue weighted by molar-refractivity contribution is -0.384. The molecule has 1 aromatic heterocycles. The number of ether oxygens (including phenoxy) is 1. The standard InChI is InChI=1S/C24H23N9O3/c1-15(16-3-5-17(25)6-4-16)31-32-24-29-22(26-18-7-11-20(12-8-18)33(34)35)28-23(30-24)27-19-9-13-21(36-2)14-10-19/h3-14H,25H2,1-2H3,(H3,26,27,28,29,30,32). The topological polar surface area (TPSA) is 166 Å². The average molecular weight is 486 g/mol. The van der Waals surface area contributed by atoms with Gasteiger partial charge in [0.05, 0.1) is 17.7 Å². The van der Waals surface area contributed by atoms with E-state index in [-0.39, 0.29) is 23.5 Å². The van der Waals surface area contributed by atoms with Crippen LogP contribution in [0.1, 0.15) is 12.5 Å². The first-order valence-corrected chi connectivity index (χ1v) is 10.7. The summed E-state index contributed by atoms with van der Waals surface area (Å²) in [5, 5.41) is 21.5. The summed E-state index contributed by atoms with van der Waals surface area (Å²) in [5.41, 5.74) is 12.1. The van der Waals surface area contributed by atoms with Gasteiger partial charge in [0.1, 0.15) is 5.75 Å². The van der Waals surface area contributed by atoms with Crippen LogP contribution in [0.2, 0.25) is 0 Å². The molecule has 0 bridgehead atoms. The lowest BCUT2D eigenvalue weighted by Gasteiger charge is -2.11. The summed E-state index contributed by atoms with van der Waals surface area (Å²) >= 11 is 0. The zero-order valence-corrected chi connectivity index (χ0v) is 19.5. The average Bonchev–Trinajstić information content (AvgIpc) is 2.88. The van der Waals surface area contributed by atoms with E-state index in [4.69, 9.17) is 10.5 Å². The number of methoxy groups -OCH3 is 1. The number of anilines is 6.